The van der Waals surface area contributed by atoms with E-state index in [9.17, 15) is 9.59 Å². The topological polar surface area (TPSA) is 89.2 Å². The molecule has 0 aliphatic carbocycles. The minimum atomic E-state index is -0.636. The van der Waals surface area contributed by atoms with Crippen molar-refractivity contribution in [3.8, 4) is 0 Å². The van der Waals surface area contributed by atoms with Gasteiger partial charge in [0, 0.05) is 44.0 Å². The maximum Gasteiger partial charge on any atom is 0.225 e. The molecule has 1 saturated heterocycles. The number of hydrogen-bond acceptors (Lipinski definition) is 4. The standard InChI is InChI=1S/C16H23ClN4O2/c17-7-4-14(22)21-10-2-6-16(12-21,15(18)23)5-1-3-13-11-19-8-9-20-13/h8-9,11H,1-7,10,12H2,(H2,18,23). The van der Waals surface area contributed by atoms with E-state index in [2.05, 4.69) is 9.97 Å². The van der Waals surface area contributed by atoms with Crippen molar-refractivity contribution in [1.29, 1.82) is 0 Å². The Kier molecular flexibility index (Phi) is 6.33. The number of piperidine rings is 1. The SMILES string of the molecule is NC(=O)C1(CCCc2cnccn2)CCCN(C(=O)CCCl)C1. The van der Waals surface area contributed by atoms with Crippen LogP contribution in [0.2, 0.25) is 0 Å². The highest BCUT2D eigenvalue weighted by atomic mass is 35.5. The van der Waals surface area contributed by atoms with E-state index in [1.807, 2.05) is 0 Å². The Balaban J connectivity index is 1.98. The second-order valence-corrected chi connectivity index (χ2v) is 6.43. The van der Waals surface area contributed by atoms with Crippen LogP contribution in [0.25, 0.3) is 0 Å². The molecule has 2 N–H and O–H groups in total. The van der Waals surface area contributed by atoms with Gasteiger partial charge >= 0.3 is 0 Å². The average molecular weight is 339 g/mol. The summed E-state index contributed by atoms with van der Waals surface area (Å²) in [6.07, 6.45) is 9.04. The number of alkyl halides is 1. The summed E-state index contributed by atoms with van der Waals surface area (Å²) in [5, 5.41) is 0. The summed E-state index contributed by atoms with van der Waals surface area (Å²) in [5.41, 5.74) is 5.95. The fourth-order valence-electron chi connectivity index (χ4n) is 3.18. The van der Waals surface area contributed by atoms with E-state index in [0.29, 0.717) is 31.8 Å². The van der Waals surface area contributed by atoms with Gasteiger partial charge in [-0.25, -0.2) is 0 Å². The van der Waals surface area contributed by atoms with Crippen molar-refractivity contribution >= 4 is 23.4 Å². The quantitative estimate of drug-likeness (QED) is 0.763. The molecule has 1 unspecified atom stereocenters. The molecule has 23 heavy (non-hydrogen) atoms. The number of likely N-dealkylation sites (tertiary alicyclic amines) is 1. The Bertz CT molecular complexity index is 540. The Morgan fingerprint density at radius 2 is 2.22 bits per heavy atom. The molecule has 0 aromatic carbocycles. The number of carbonyl (C=O) groups excluding carboxylic acids is 2. The molecule has 1 fully saturated rings. The first-order valence-electron chi connectivity index (χ1n) is 7.96. The van der Waals surface area contributed by atoms with Crippen molar-refractivity contribution in [1.82, 2.24) is 14.9 Å². The summed E-state index contributed by atoms with van der Waals surface area (Å²) in [7, 11) is 0. The lowest BCUT2D eigenvalue weighted by molar-refractivity contribution is -0.140. The zero-order chi connectivity index (χ0) is 16.7. The zero-order valence-corrected chi connectivity index (χ0v) is 14.0. The van der Waals surface area contributed by atoms with Crippen LogP contribution in [0.3, 0.4) is 0 Å². The number of nitrogens with zero attached hydrogens (tertiary/aromatic N) is 3. The van der Waals surface area contributed by atoms with Gasteiger partial charge in [-0.1, -0.05) is 0 Å². The van der Waals surface area contributed by atoms with Gasteiger partial charge in [0.25, 0.3) is 0 Å². The second kappa shape index (κ2) is 8.24. The van der Waals surface area contributed by atoms with E-state index in [4.69, 9.17) is 17.3 Å². The molecule has 0 saturated carbocycles. The van der Waals surface area contributed by atoms with Gasteiger partial charge in [-0.15, -0.1) is 11.6 Å². The number of rotatable bonds is 7. The molecule has 7 heteroatoms. The monoisotopic (exact) mass is 338 g/mol. The smallest absolute Gasteiger partial charge is 0.225 e. The molecule has 6 nitrogen and oxygen atoms in total. The van der Waals surface area contributed by atoms with E-state index in [1.165, 1.54) is 0 Å². The number of nitrogens with two attached hydrogens (primary N) is 1. The van der Waals surface area contributed by atoms with E-state index < -0.39 is 5.41 Å². The van der Waals surface area contributed by atoms with Crippen molar-refractivity contribution in [2.75, 3.05) is 19.0 Å². The Labute approximate surface area is 141 Å². The fraction of sp³-hybridized carbons (Fsp3) is 0.625. The molecule has 1 atom stereocenters. The summed E-state index contributed by atoms with van der Waals surface area (Å²) < 4.78 is 0. The van der Waals surface area contributed by atoms with Crippen LogP contribution >= 0.6 is 11.6 Å². The van der Waals surface area contributed by atoms with Gasteiger partial charge in [0.05, 0.1) is 11.1 Å². The zero-order valence-electron chi connectivity index (χ0n) is 13.2. The predicted octanol–water partition coefficient (Wildman–Crippen LogP) is 1.52. The number of amides is 2. The van der Waals surface area contributed by atoms with Crippen molar-refractivity contribution in [2.45, 2.75) is 38.5 Å². The average Bonchev–Trinajstić information content (AvgIpc) is 2.56. The maximum absolute atomic E-state index is 12.1. The molecule has 126 valence electrons. The van der Waals surface area contributed by atoms with E-state index in [0.717, 1.165) is 31.4 Å². The normalized spacial score (nSPS) is 21.2. The molecular weight excluding hydrogens is 316 g/mol. The molecule has 2 amide bonds. The largest absolute Gasteiger partial charge is 0.369 e. The lowest BCUT2D eigenvalue weighted by atomic mass is 9.75. The molecule has 1 aliphatic heterocycles. The third-order valence-corrected chi connectivity index (χ3v) is 4.65. The summed E-state index contributed by atoms with van der Waals surface area (Å²) in [4.78, 5) is 34.2. The van der Waals surface area contributed by atoms with Crippen LogP contribution in [0.15, 0.2) is 18.6 Å². The minimum Gasteiger partial charge on any atom is -0.369 e. The minimum absolute atomic E-state index is 0.000693. The highest BCUT2D eigenvalue weighted by molar-refractivity contribution is 6.18. The highest BCUT2D eigenvalue weighted by Crippen LogP contribution is 2.35. The predicted molar refractivity (Wildman–Crippen MR) is 87.7 cm³/mol. The van der Waals surface area contributed by atoms with E-state index >= 15 is 0 Å². The van der Waals surface area contributed by atoms with Crippen molar-refractivity contribution in [3.63, 3.8) is 0 Å². The van der Waals surface area contributed by atoms with Crippen LogP contribution in [-0.2, 0) is 16.0 Å². The van der Waals surface area contributed by atoms with Gasteiger partial charge in [-0.05, 0) is 32.1 Å². The molecule has 0 bridgehead atoms. The molecule has 1 aliphatic rings. The van der Waals surface area contributed by atoms with Crippen LogP contribution in [0.1, 0.15) is 37.8 Å². The molecule has 0 radical (unpaired) electrons. The third kappa shape index (κ3) is 4.64. The van der Waals surface area contributed by atoms with Gasteiger partial charge < -0.3 is 10.6 Å². The maximum atomic E-state index is 12.1. The van der Waals surface area contributed by atoms with Crippen molar-refractivity contribution in [2.24, 2.45) is 11.1 Å². The van der Waals surface area contributed by atoms with E-state index in [1.54, 1.807) is 23.5 Å². The third-order valence-electron chi connectivity index (χ3n) is 4.47. The van der Waals surface area contributed by atoms with Crippen LogP contribution in [-0.4, -0.2) is 45.7 Å². The van der Waals surface area contributed by atoms with Gasteiger partial charge in [0.2, 0.25) is 11.8 Å². The summed E-state index contributed by atoms with van der Waals surface area (Å²) in [5.74, 6) is -0.0229. The number of aryl methyl sites for hydroxylation is 1. The molecular formula is C16H23ClN4O2. The molecule has 2 rings (SSSR count). The number of hydrogen-bond donors (Lipinski definition) is 1. The van der Waals surface area contributed by atoms with Gasteiger partial charge in [-0.2, -0.15) is 0 Å². The van der Waals surface area contributed by atoms with Crippen molar-refractivity contribution < 1.29 is 9.59 Å². The summed E-state index contributed by atoms with van der Waals surface area (Å²) >= 11 is 5.65. The Morgan fingerprint density at radius 3 is 2.87 bits per heavy atom. The van der Waals surface area contributed by atoms with Gasteiger partial charge in [-0.3, -0.25) is 19.6 Å². The first-order valence-corrected chi connectivity index (χ1v) is 8.49. The number of halogens is 1. The fourth-order valence-corrected chi connectivity index (χ4v) is 3.34. The molecule has 1 aromatic rings. The molecule has 2 heterocycles. The Morgan fingerprint density at radius 1 is 1.39 bits per heavy atom. The lowest BCUT2D eigenvalue weighted by Gasteiger charge is -2.41. The summed E-state index contributed by atoms with van der Waals surface area (Å²) in [6.45, 7) is 1.08. The molecule has 1 aromatic heterocycles. The van der Waals surface area contributed by atoms with Crippen LogP contribution < -0.4 is 5.73 Å². The first-order chi connectivity index (χ1) is 11.1. The van der Waals surface area contributed by atoms with E-state index in [-0.39, 0.29) is 11.8 Å². The molecule has 0 spiro atoms. The van der Waals surface area contributed by atoms with Gasteiger partial charge in [0.1, 0.15) is 0 Å². The second-order valence-electron chi connectivity index (χ2n) is 6.05. The number of aromatic nitrogens is 2. The summed E-state index contributed by atoms with van der Waals surface area (Å²) in [6, 6.07) is 0. The Hall–Kier alpha value is -1.69. The lowest BCUT2D eigenvalue weighted by Crippen LogP contribution is -2.52. The highest BCUT2D eigenvalue weighted by Gasteiger charge is 2.41. The number of carbonyl (C=O) groups is 2. The first kappa shape index (κ1) is 17.7. The van der Waals surface area contributed by atoms with Crippen LogP contribution in [0, 0.1) is 5.41 Å². The number of primary amides is 1. The van der Waals surface area contributed by atoms with Gasteiger partial charge in [0.15, 0.2) is 0 Å². The van der Waals surface area contributed by atoms with Crippen molar-refractivity contribution in [3.05, 3.63) is 24.3 Å². The van der Waals surface area contributed by atoms with Crippen LogP contribution in [0.4, 0.5) is 0 Å². The van der Waals surface area contributed by atoms with Crippen LogP contribution in [0.5, 0.6) is 0 Å².